The summed E-state index contributed by atoms with van der Waals surface area (Å²) >= 11 is 6.18. The summed E-state index contributed by atoms with van der Waals surface area (Å²) in [5, 5.41) is 0.402. The van der Waals surface area contributed by atoms with Gasteiger partial charge in [-0.15, -0.1) is 0 Å². The van der Waals surface area contributed by atoms with Crippen molar-refractivity contribution in [2.75, 3.05) is 13.2 Å². The van der Waals surface area contributed by atoms with Gasteiger partial charge in [0.1, 0.15) is 16.5 Å². The van der Waals surface area contributed by atoms with Gasteiger partial charge in [-0.25, -0.2) is 4.39 Å². The molecule has 0 radical (unpaired) electrons. The van der Waals surface area contributed by atoms with Gasteiger partial charge in [0, 0.05) is 36.2 Å². The van der Waals surface area contributed by atoms with Crippen LogP contribution in [0.4, 0.5) is 4.39 Å². The van der Waals surface area contributed by atoms with Crippen molar-refractivity contribution in [2.45, 2.75) is 49.6 Å². The predicted octanol–water partition coefficient (Wildman–Crippen LogP) is 4.55. The maximum Gasteiger partial charge on any atom is 0.339 e. The Morgan fingerprint density at radius 1 is 1.12 bits per heavy atom. The lowest BCUT2D eigenvalue weighted by atomic mass is 9.84. The van der Waals surface area contributed by atoms with E-state index in [2.05, 4.69) is 0 Å². The van der Waals surface area contributed by atoms with Crippen LogP contribution >= 0.6 is 11.6 Å². The number of rotatable bonds is 8. The third-order valence-corrected chi connectivity index (χ3v) is 7.38. The quantitative estimate of drug-likeness (QED) is 0.517. The second kappa shape index (κ2) is 9.77. The van der Waals surface area contributed by atoms with E-state index in [4.69, 9.17) is 20.5 Å². The van der Waals surface area contributed by atoms with Gasteiger partial charge < -0.3 is 13.8 Å². The minimum Gasteiger partial charge on any atom is -0.379 e. The molecule has 0 N–H and O–H groups in total. The molecule has 2 fully saturated rings. The van der Waals surface area contributed by atoms with Crippen LogP contribution in [0.2, 0.25) is 5.02 Å². The van der Waals surface area contributed by atoms with E-state index in [1.54, 1.807) is 11.0 Å². The molecular weight excluding hydrogens is 457 g/mol. The molecular formula is C23H25ClFNO5S. The summed E-state index contributed by atoms with van der Waals surface area (Å²) in [6.07, 6.45) is 4.55. The monoisotopic (exact) mass is 481 g/mol. The number of benzene rings is 2. The Morgan fingerprint density at radius 3 is 2.50 bits per heavy atom. The molecule has 2 aromatic carbocycles. The second-order valence-electron chi connectivity index (χ2n) is 8.23. The van der Waals surface area contributed by atoms with E-state index in [0.717, 1.165) is 56.4 Å². The third kappa shape index (κ3) is 5.42. The zero-order chi connectivity index (χ0) is 22.7. The van der Waals surface area contributed by atoms with E-state index in [9.17, 15) is 17.6 Å². The molecule has 1 saturated heterocycles. The fourth-order valence-electron chi connectivity index (χ4n) is 3.91. The Kier molecular flexibility index (Phi) is 7.02. The number of hydrogen-bond acceptors (Lipinski definition) is 5. The van der Waals surface area contributed by atoms with Crippen molar-refractivity contribution in [1.29, 1.82) is 0 Å². The Hall–Kier alpha value is -2.16. The van der Waals surface area contributed by atoms with Gasteiger partial charge in [-0.05, 0) is 68.1 Å². The summed E-state index contributed by atoms with van der Waals surface area (Å²) in [5.41, 5.74) is 0.480. The highest BCUT2D eigenvalue weighted by Gasteiger charge is 2.32. The zero-order valence-corrected chi connectivity index (χ0v) is 19.1. The minimum absolute atomic E-state index is 0.0112. The fraction of sp³-hybridized carbons (Fsp3) is 0.435. The number of nitrogens with zero attached hydrogens (tertiary/aromatic N) is 1. The van der Waals surface area contributed by atoms with Gasteiger partial charge >= 0.3 is 10.1 Å². The maximum absolute atomic E-state index is 13.2. The summed E-state index contributed by atoms with van der Waals surface area (Å²) in [6, 6.07) is 9.00. The van der Waals surface area contributed by atoms with E-state index in [1.807, 2.05) is 0 Å². The largest absolute Gasteiger partial charge is 0.379 e. The van der Waals surface area contributed by atoms with E-state index in [0.29, 0.717) is 23.7 Å². The molecule has 1 heterocycles. The first kappa shape index (κ1) is 23.0. The Labute approximate surface area is 192 Å². The molecule has 0 spiro atoms. The minimum atomic E-state index is -4.19. The number of ether oxygens (including phenoxy) is 1. The average Bonchev–Trinajstić information content (AvgIpc) is 3.21. The highest BCUT2D eigenvalue weighted by Crippen LogP contribution is 2.32. The van der Waals surface area contributed by atoms with Crippen LogP contribution in [0.5, 0.6) is 5.75 Å². The number of carbonyl (C=O) groups is 1. The lowest BCUT2D eigenvalue weighted by Crippen LogP contribution is -2.42. The zero-order valence-electron chi connectivity index (χ0n) is 17.5. The number of hydrogen-bond donors (Lipinski definition) is 0. The lowest BCUT2D eigenvalue weighted by Gasteiger charge is -2.33. The molecule has 1 aliphatic carbocycles. The molecule has 9 heteroatoms. The van der Waals surface area contributed by atoms with Crippen molar-refractivity contribution >= 4 is 27.6 Å². The Bertz CT molecular complexity index is 1070. The first-order valence-electron chi connectivity index (χ1n) is 10.7. The molecule has 0 aromatic heterocycles. The van der Waals surface area contributed by atoms with Crippen LogP contribution in [0, 0.1) is 11.7 Å². The van der Waals surface area contributed by atoms with E-state index < -0.39 is 15.9 Å². The SMILES string of the molecule is O=C(C1CCC1)N(Cc1cc(Cl)ccc1OS(=O)(=O)c1ccc(F)cc1)C[C@@H]1CCCO1. The third-order valence-electron chi connectivity index (χ3n) is 5.90. The molecule has 0 unspecified atom stereocenters. The molecule has 1 saturated carbocycles. The van der Waals surface area contributed by atoms with Crippen LogP contribution in [0.3, 0.4) is 0 Å². The van der Waals surface area contributed by atoms with Crippen LogP contribution < -0.4 is 4.18 Å². The summed E-state index contributed by atoms with van der Waals surface area (Å²) in [7, 11) is -4.19. The van der Waals surface area contributed by atoms with Crippen LogP contribution in [-0.2, 0) is 26.2 Å². The standard InChI is InChI=1S/C23H25ClFNO5S/c24-18-6-11-22(31-32(28,29)21-9-7-19(25)8-10-21)17(13-18)14-26(15-20-5-2-12-30-20)23(27)16-3-1-4-16/h6-11,13,16,20H,1-5,12,14-15H2/t20-/m0/s1. The van der Waals surface area contributed by atoms with E-state index in [-0.39, 0.29) is 35.1 Å². The van der Waals surface area contributed by atoms with Crippen molar-refractivity contribution in [3.63, 3.8) is 0 Å². The second-order valence-corrected chi connectivity index (χ2v) is 10.2. The average molecular weight is 482 g/mol. The van der Waals surface area contributed by atoms with Gasteiger partial charge in [-0.3, -0.25) is 4.79 Å². The summed E-state index contributed by atoms with van der Waals surface area (Å²) in [6.45, 7) is 1.27. The highest BCUT2D eigenvalue weighted by atomic mass is 35.5. The normalized spacial score (nSPS) is 18.9. The van der Waals surface area contributed by atoms with Crippen molar-refractivity contribution < 1.29 is 26.5 Å². The van der Waals surface area contributed by atoms with Crippen LogP contribution in [0.1, 0.15) is 37.7 Å². The van der Waals surface area contributed by atoms with Crippen LogP contribution in [0.15, 0.2) is 47.4 Å². The predicted molar refractivity (Wildman–Crippen MR) is 117 cm³/mol. The maximum atomic E-state index is 13.2. The Balaban J connectivity index is 1.59. The van der Waals surface area contributed by atoms with Crippen molar-refractivity contribution in [2.24, 2.45) is 5.92 Å². The molecule has 6 nitrogen and oxygen atoms in total. The molecule has 1 aliphatic heterocycles. The summed E-state index contributed by atoms with van der Waals surface area (Å²) < 4.78 is 49.8. The van der Waals surface area contributed by atoms with Gasteiger partial charge in [0.2, 0.25) is 5.91 Å². The number of carbonyl (C=O) groups excluding carboxylic acids is 1. The van der Waals surface area contributed by atoms with Crippen molar-refractivity contribution in [1.82, 2.24) is 4.90 Å². The van der Waals surface area contributed by atoms with Gasteiger partial charge in [0.25, 0.3) is 0 Å². The molecule has 32 heavy (non-hydrogen) atoms. The smallest absolute Gasteiger partial charge is 0.339 e. The first-order chi connectivity index (χ1) is 15.3. The van der Waals surface area contributed by atoms with Crippen molar-refractivity contribution in [3.05, 3.63) is 58.9 Å². The molecule has 2 aliphatic rings. The molecule has 1 amide bonds. The van der Waals surface area contributed by atoms with Gasteiger partial charge in [-0.2, -0.15) is 8.42 Å². The van der Waals surface area contributed by atoms with Gasteiger partial charge in [0.05, 0.1) is 6.10 Å². The Morgan fingerprint density at radius 2 is 1.88 bits per heavy atom. The van der Waals surface area contributed by atoms with E-state index in [1.165, 1.54) is 12.1 Å². The van der Waals surface area contributed by atoms with Crippen LogP contribution in [-0.4, -0.2) is 38.5 Å². The molecule has 172 valence electrons. The topological polar surface area (TPSA) is 72.9 Å². The van der Waals surface area contributed by atoms with Crippen LogP contribution in [0.25, 0.3) is 0 Å². The van der Waals surface area contributed by atoms with E-state index >= 15 is 0 Å². The number of halogens is 2. The van der Waals surface area contributed by atoms with Gasteiger partial charge in [0.15, 0.2) is 0 Å². The molecule has 1 atom stereocenters. The highest BCUT2D eigenvalue weighted by molar-refractivity contribution is 7.87. The molecule has 4 rings (SSSR count). The summed E-state index contributed by atoms with van der Waals surface area (Å²) in [4.78, 5) is 14.7. The lowest BCUT2D eigenvalue weighted by molar-refractivity contribution is -0.140. The summed E-state index contributed by atoms with van der Waals surface area (Å²) in [5.74, 6) is -0.435. The number of amides is 1. The molecule has 2 aromatic rings. The van der Waals surface area contributed by atoms with Gasteiger partial charge in [-0.1, -0.05) is 18.0 Å². The first-order valence-corrected chi connectivity index (χ1v) is 12.5. The molecule has 0 bridgehead atoms. The van der Waals surface area contributed by atoms with Crippen molar-refractivity contribution in [3.8, 4) is 5.75 Å². The fourth-order valence-corrected chi connectivity index (χ4v) is 5.07.